The third kappa shape index (κ3) is 4.62. The summed E-state index contributed by atoms with van der Waals surface area (Å²) in [5, 5.41) is 0. The maximum Gasteiger partial charge on any atom is 0.0424 e. The molecule has 0 spiro atoms. The first-order valence-corrected chi connectivity index (χ1v) is 6.70. The van der Waals surface area contributed by atoms with Crippen molar-refractivity contribution in [1.29, 1.82) is 0 Å². The Morgan fingerprint density at radius 3 is 2.71 bits per heavy atom. The van der Waals surface area contributed by atoms with Crippen molar-refractivity contribution < 1.29 is 0 Å². The number of benzene rings is 1. The number of nitrogens with zero attached hydrogens (tertiary/aromatic N) is 1. The summed E-state index contributed by atoms with van der Waals surface area (Å²) in [6.45, 7) is 9.86. The van der Waals surface area contributed by atoms with Gasteiger partial charge in [-0.1, -0.05) is 34.1 Å². The van der Waals surface area contributed by atoms with Gasteiger partial charge >= 0.3 is 0 Å². The molecule has 0 aromatic heterocycles. The Bertz CT molecular complexity index is 363. The lowest BCUT2D eigenvalue weighted by atomic mass is 10.1. The Morgan fingerprint density at radius 2 is 2.18 bits per heavy atom. The van der Waals surface area contributed by atoms with Gasteiger partial charge in [-0.25, -0.2) is 0 Å². The first-order chi connectivity index (χ1) is 8.04. The molecule has 0 saturated heterocycles. The van der Waals surface area contributed by atoms with Gasteiger partial charge in [0.2, 0.25) is 0 Å². The molecule has 2 nitrogen and oxygen atoms in total. The van der Waals surface area contributed by atoms with Crippen LogP contribution in [0.25, 0.3) is 0 Å². The highest BCUT2D eigenvalue weighted by Gasteiger charge is 2.14. The molecule has 2 N–H and O–H groups in total. The first kappa shape index (κ1) is 14.4. The van der Waals surface area contributed by atoms with E-state index in [1.54, 1.807) is 0 Å². The van der Waals surface area contributed by atoms with E-state index in [1.807, 2.05) is 18.2 Å². The lowest BCUT2D eigenvalue weighted by Gasteiger charge is -2.28. The van der Waals surface area contributed by atoms with Gasteiger partial charge in [-0.2, -0.15) is 0 Å². The zero-order valence-electron chi connectivity index (χ0n) is 10.6. The van der Waals surface area contributed by atoms with Crippen molar-refractivity contribution in [2.24, 2.45) is 5.73 Å². The average Bonchev–Trinajstić information content (AvgIpc) is 2.28. The van der Waals surface area contributed by atoms with E-state index in [4.69, 9.17) is 5.73 Å². The maximum atomic E-state index is 6.24. The minimum atomic E-state index is 0.0369. The van der Waals surface area contributed by atoms with Crippen LogP contribution in [-0.4, -0.2) is 24.0 Å². The fourth-order valence-corrected chi connectivity index (χ4v) is 2.17. The molecule has 0 aliphatic carbocycles. The van der Waals surface area contributed by atoms with Crippen LogP contribution in [0.5, 0.6) is 0 Å². The molecule has 0 heterocycles. The molecule has 0 aliphatic heterocycles. The summed E-state index contributed by atoms with van der Waals surface area (Å²) in [5.41, 5.74) is 7.40. The summed E-state index contributed by atoms with van der Waals surface area (Å²) in [4.78, 5) is 2.32. The summed E-state index contributed by atoms with van der Waals surface area (Å²) in [5.74, 6) is 0. The number of hydrogen-bond acceptors (Lipinski definition) is 2. The molecule has 1 aromatic rings. The van der Waals surface area contributed by atoms with Crippen molar-refractivity contribution in [1.82, 2.24) is 4.90 Å². The Kier molecular flexibility index (Phi) is 5.89. The van der Waals surface area contributed by atoms with Crippen LogP contribution < -0.4 is 5.73 Å². The Balaban J connectivity index is 2.69. The largest absolute Gasteiger partial charge is 0.323 e. The van der Waals surface area contributed by atoms with Crippen LogP contribution in [-0.2, 0) is 0 Å². The minimum absolute atomic E-state index is 0.0369. The van der Waals surface area contributed by atoms with Gasteiger partial charge < -0.3 is 5.73 Å². The molecule has 3 heteroatoms. The average molecular weight is 297 g/mol. The van der Waals surface area contributed by atoms with E-state index in [0.29, 0.717) is 6.04 Å². The highest BCUT2D eigenvalue weighted by Crippen LogP contribution is 2.18. The van der Waals surface area contributed by atoms with Crippen molar-refractivity contribution in [3.8, 4) is 0 Å². The highest BCUT2D eigenvalue weighted by atomic mass is 79.9. The summed E-state index contributed by atoms with van der Waals surface area (Å²) in [7, 11) is 0. The normalized spacial score (nSPS) is 13.1. The fourth-order valence-electron chi connectivity index (χ4n) is 1.76. The molecule has 1 unspecified atom stereocenters. The minimum Gasteiger partial charge on any atom is -0.323 e. The van der Waals surface area contributed by atoms with Gasteiger partial charge in [-0.3, -0.25) is 4.90 Å². The van der Waals surface area contributed by atoms with Crippen molar-refractivity contribution >= 4 is 15.9 Å². The molecule has 1 aromatic carbocycles. The molecule has 1 atom stereocenters. The quantitative estimate of drug-likeness (QED) is 0.816. The van der Waals surface area contributed by atoms with E-state index in [0.717, 1.165) is 23.1 Å². The van der Waals surface area contributed by atoms with Crippen LogP contribution in [0.3, 0.4) is 0 Å². The number of hydrogen-bond donors (Lipinski definition) is 1. The van der Waals surface area contributed by atoms with E-state index in [9.17, 15) is 0 Å². The highest BCUT2D eigenvalue weighted by molar-refractivity contribution is 9.10. The Morgan fingerprint density at radius 1 is 1.47 bits per heavy atom. The molecular formula is C14H21BrN2. The van der Waals surface area contributed by atoms with Gasteiger partial charge in [0, 0.05) is 29.6 Å². The molecule has 17 heavy (non-hydrogen) atoms. The van der Waals surface area contributed by atoms with Crippen molar-refractivity contribution in [2.45, 2.75) is 25.9 Å². The Hall–Kier alpha value is -0.640. The zero-order chi connectivity index (χ0) is 12.8. The van der Waals surface area contributed by atoms with Gasteiger partial charge in [0.05, 0.1) is 0 Å². The lowest BCUT2D eigenvalue weighted by Crippen LogP contribution is -2.37. The fraction of sp³-hybridized carbons (Fsp3) is 0.429. The smallest absolute Gasteiger partial charge is 0.0424 e. The van der Waals surface area contributed by atoms with Crippen LogP contribution in [0.15, 0.2) is 41.4 Å². The maximum absolute atomic E-state index is 6.24. The molecule has 94 valence electrons. The predicted molar refractivity (Wildman–Crippen MR) is 78.0 cm³/mol. The van der Waals surface area contributed by atoms with Gasteiger partial charge in [-0.05, 0) is 31.5 Å². The molecule has 1 rings (SSSR count). The molecule has 0 bridgehead atoms. The second-order valence-corrected chi connectivity index (χ2v) is 5.41. The standard InChI is InChI=1S/C14H21BrN2/c1-4-8-17(11(2)3)10-14(16)12-6-5-7-13(15)9-12/h4-7,9,11,14H,1,8,10,16H2,2-3H3. The van der Waals surface area contributed by atoms with E-state index < -0.39 is 0 Å². The van der Waals surface area contributed by atoms with Crippen LogP contribution in [0.4, 0.5) is 0 Å². The molecule has 0 amide bonds. The lowest BCUT2D eigenvalue weighted by molar-refractivity contribution is 0.231. The number of rotatable bonds is 6. The third-order valence-electron chi connectivity index (χ3n) is 2.80. The molecule has 0 fully saturated rings. The topological polar surface area (TPSA) is 29.3 Å². The monoisotopic (exact) mass is 296 g/mol. The second kappa shape index (κ2) is 6.94. The van der Waals surface area contributed by atoms with E-state index in [2.05, 4.69) is 53.4 Å². The third-order valence-corrected chi connectivity index (χ3v) is 3.30. The molecule has 0 radical (unpaired) electrons. The summed E-state index contributed by atoms with van der Waals surface area (Å²) in [6, 6.07) is 8.70. The zero-order valence-corrected chi connectivity index (χ0v) is 12.2. The van der Waals surface area contributed by atoms with Crippen LogP contribution in [0.2, 0.25) is 0 Å². The van der Waals surface area contributed by atoms with Crippen molar-refractivity contribution in [3.05, 3.63) is 47.0 Å². The van der Waals surface area contributed by atoms with E-state index in [1.165, 1.54) is 0 Å². The van der Waals surface area contributed by atoms with Crippen molar-refractivity contribution in [3.63, 3.8) is 0 Å². The molecule has 0 aliphatic rings. The van der Waals surface area contributed by atoms with Gasteiger partial charge in [0.25, 0.3) is 0 Å². The van der Waals surface area contributed by atoms with Crippen LogP contribution in [0, 0.1) is 0 Å². The van der Waals surface area contributed by atoms with Crippen molar-refractivity contribution in [2.75, 3.05) is 13.1 Å². The molecule has 0 saturated carbocycles. The van der Waals surface area contributed by atoms with Gasteiger partial charge in [0.15, 0.2) is 0 Å². The van der Waals surface area contributed by atoms with E-state index >= 15 is 0 Å². The number of halogens is 1. The summed E-state index contributed by atoms with van der Waals surface area (Å²) < 4.78 is 1.07. The van der Waals surface area contributed by atoms with Crippen LogP contribution in [0.1, 0.15) is 25.5 Å². The second-order valence-electron chi connectivity index (χ2n) is 4.50. The first-order valence-electron chi connectivity index (χ1n) is 5.90. The van der Waals surface area contributed by atoms with Crippen LogP contribution >= 0.6 is 15.9 Å². The SMILES string of the molecule is C=CCN(CC(N)c1cccc(Br)c1)C(C)C. The summed E-state index contributed by atoms with van der Waals surface area (Å²) >= 11 is 3.47. The van der Waals surface area contributed by atoms with E-state index in [-0.39, 0.29) is 6.04 Å². The molecular weight excluding hydrogens is 276 g/mol. The Labute approximate surface area is 113 Å². The number of nitrogens with two attached hydrogens (primary N) is 1. The predicted octanol–water partition coefficient (Wildman–Crippen LogP) is 3.35. The van der Waals surface area contributed by atoms with Gasteiger partial charge in [0.1, 0.15) is 0 Å². The summed E-state index contributed by atoms with van der Waals surface area (Å²) in [6.07, 6.45) is 1.92. The van der Waals surface area contributed by atoms with Gasteiger partial charge in [-0.15, -0.1) is 6.58 Å².